The monoisotopic (exact) mass is 393 g/mol. The van der Waals surface area contributed by atoms with Gasteiger partial charge in [-0.15, -0.1) is 11.3 Å². The highest BCUT2D eigenvalue weighted by molar-refractivity contribution is 7.19. The van der Waals surface area contributed by atoms with Crippen molar-refractivity contribution in [2.45, 2.75) is 19.4 Å². The third-order valence-corrected chi connectivity index (χ3v) is 5.92. The molecule has 142 valence electrons. The Morgan fingerprint density at radius 3 is 2.71 bits per heavy atom. The first-order valence-electron chi connectivity index (χ1n) is 8.76. The highest BCUT2D eigenvalue weighted by Gasteiger charge is 2.52. The van der Waals surface area contributed by atoms with E-state index in [-0.39, 0.29) is 12.4 Å². The highest BCUT2D eigenvalue weighted by atomic mass is 32.1. The molecule has 0 saturated carbocycles. The number of nitrogens with one attached hydrogen (secondary N) is 2. The minimum atomic E-state index is -1.55. The van der Waals surface area contributed by atoms with Crippen LogP contribution in [0.15, 0.2) is 47.5 Å². The lowest BCUT2D eigenvalue weighted by Gasteiger charge is -2.25. The molecule has 3 aromatic rings. The van der Waals surface area contributed by atoms with Gasteiger partial charge in [0.2, 0.25) is 0 Å². The second-order valence-electron chi connectivity index (χ2n) is 6.72. The summed E-state index contributed by atoms with van der Waals surface area (Å²) in [5, 5.41) is 6.26. The fourth-order valence-electron chi connectivity index (χ4n) is 3.34. The van der Waals surface area contributed by atoms with Gasteiger partial charge in [-0.3, -0.25) is 19.9 Å². The Kier molecular flexibility index (Phi) is 4.44. The normalized spacial score (nSPS) is 18.9. The van der Waals surface area contributed by atoms with Gasteiger partial charge in [0.25, 0.3) is 11.8 Å². The summed E-state index contributed by atoms with van der Waals surface area (Å²) < 4.78 is 0.904. The Labute approximate surface area is 165 Å². The van der Waals surface area contributed by atoms with E-state index in [2.05, 4.69) is 20.6 Å². The van der Waals surface area contributed by atoms with Crippen LogP contribution in [-0.2, 0) is 15.1 Å². The number of carbonyl (C=O) groups excluding carboxylic acids is 2. The average molecular weight is 393 g/mol. The fraction of sp³-hybridized carbons (Fsp3) is 0.200. The van der Waals surface area contributed by atoms with Crippen molar-refractivity contribution in [1.29, 1.82) is 0 Å². The Balaban J connectivity index is 1.74. The molecule has 2 amide bonds. The number of nitrogens with two attached hydrogens (primary N) is 1. The molecule has 8 heteroatoms. The molecule has 0 fully saturated rings. The zero-order valence-corrected chi connectivity index (χ0v) is 16.3. The van der Waals surface area contributed by atoms with Crippen molar-refractivity contribution in [3.05, 3.63) is 58.6 Å². The number of aromatic nitrogens is 1. The summed E-state index contributed by atoms with van der Waals surface area (Å²) in [5.41, 5.74) is 7.66. The molecular weight excluding hydrogens is 374 g/mol. The molecule has 28 heavy (non-hydrogen) atoms. The number of thiazole rings is 1. The summed E-state index contributed by atoms with van der Waals surface area (Å²) in [5.74, 6) is -1.19. The highest BCUT2D eigenvalue weighted by Crippen LogP contribution is 2.34. The Bertz CT molecular complexity index is 1100. The van der Waals surface area contributed by atoms with E-state index in [0.29, 0.717) is 10.7 Å². The van der Waals surface area contributed by atoms with Gasteiger partial charge in [-0.25, -0.2) is 4.98 Å². The van der Waals surface area contributed by atoms with Crippen LogP contribution in [0.3, 0.4) is 0 Å². The van der Waals surface area contributed by atoms with Crippen molar-refractivity contribution >= 4 is 44.8 Å². The lowest BCUT2D eigenvalue weighted by atomic mass is 9.93. The standard InChI is InChI=1S/C20H19N5O2S/c1-11-7-8-13(12(2)9-11)24-17(26)16-20(18(21)27,23-10-22-16)19-25-14-5-3-4-6-15(14)28-19/h3-9,23H,10H2,1-2H3,(H2,21,27)(H,24,26). The molecule has 1 aliphatic heterocycles. The maximum atomic E-state index is 13.0. The first-order valence-corrected chi connectivity index (χ1v) is 9.58. The molecule has 7 nitrogen and oxygen atoms in total. The van der Waals surface area contributed by atoms with Gasteiger partial charge in [-0.05, 0) is 37.6 Å². The number of aryl methyl sites for hydroxylation is 2. The number of rotatable bonds is 4. The Morgan fingerprint density at radius 2 is 2.00 bits per heavy atom. The third kappa shape index (κ3) is 2.87. The zero-order chi connectivity index (χ0) is 19.9. The fourth-order valence-corrected chi connectivity index (χ4v) is 4.48. The molecule has 2 heterocycles. The van der Waals surface area contributed by atoms with Crippen LogP contribution in [0.2, 0.25) is 0 Å². The number of anilines is 1. The summed E-state index contributed by atoms with van der Waals surface area (Å²) in [7, 11) is 0. The van der Waals surface area contributed by atoms with Crippen LogP contribution in [0.5, 0.6) is 0 Å². The van der Waals surface area contributed by atoms with Crippen molar-refractivity contribution in [1.82, 2.24) is 10.3 Å². The van der Waals surface area contributed by atoms with E-state index in [1.165, 1.54) is 11.3 Å². The van der Waals surface area contributed by atoms with Crippen molar-refractivity contribution < 1.29 is 9.59 Å². The number of benzene rings is 2. The van der Waals surface area contributed by atoms with E-state index in [0.717, 1.165) is 21.3 Å². The van der Waals surface area contributed by atoms with Gasteiger partial charge in [0.05, 0.1) is 16.9 Å². The molecule has 1 aliphatic rings. The van der Waals surface area contributed by atoms with E-state index < -0.39 is 17.4 Å². The lowest BCUT2D eigenvalue weighted by molar-refractivity contribution is -0.123. The molecule has 1 aromatic heterocycles. The zero-order valence-electron chi connectivity index (χ0n) is 15.4. The quantitative estimate of drug-likeness (QED) is 0.631. The maximum Gasteiger partial charge on any atom is 0.272 e. The van der Waals surface area contributed by atoms with Gasteiger partial charge in [0, 0.05) is 5.69 Å². The molecule has 1 atom stereocenters. The summed E-state index contributed by atoms with van der Waals surface area (Å²) in [6.45, 7) is 4.00. The third-order valence-electron chi connectivity index (χ3n) is 4.77. The van der Waals surface area contributed by atoms with Gasteiger partial charge in [0.1, 0.15) is 10.7 Å². The van der Waals surface area contributed by atoms with Gasteiger partial charge >= 0.3 is 0 Å². The number of nitrogens with zero attached hydrogens (tertiary/aromatic N) is 2. The van der Waals surface area contributed by atoms with Gasteiger partial charge in [0.15, 0.2) is 5.54 Å². The molecule has 4 rings (SSSR count). The lowest BCUT2D eigenvalue weighted by Crippen LogP contribution is -2.57. The second-order valence-corrected chi connectivity index (χ2v) is 7.75. The number of hydrogen-bond acceptors (Lipinski definition) is 6. The number of hydrogen-bond donors (Lipinski definition) is 3. The van der Waals surface area contributed by atoms with E-state index in [4.69, 9.17) is 5.73 Å². The van der Waals surface area contributed by atoms with Crippen LogP contribution in [0.4, 0.5) is 5.69 Å². The molecule has 1 unspecified atom stereocenters. The molecule has 0 aliphatic carbocycles. The van der Waals surface area contributed by atoms with E-state index in [9.17, 15) is 9.59 Å². The number of para-hydroxylation sites is 1. The van der Waals surface area contributed by atoms with Gasteiger partial charge in [-0.2, -0.15) is 0 Å². The topological polar surface area (TPSA) is 109 Å². The van der Waals surface area contributed by atoms with Crippen LogP contribution < -0.4 is 16.4 Å². The SMILES string of the molecule is Cc1ccc(NC(=O)C2=NCNC2(C(N)=O)c2nc3ccccc3s2)c(C)c1. The van der Waals surface area contributed by atoms with E-state index >= 15 is 0 Å². The number of aliphatic imine (C=N–C) groups is 1. The summed E-state index contributed by atoms with van der Waals surface area (Å²) in [6.07, 6.45) is 0. The van der Waals surface area contributed by atoms with Crippen molar-refractivity contribution in [3.8, 4) is 0 Å². The number of fused-ring (bicyclic) bond motifs is 1. The summed E-state index contributed by atoms with van der Waals surface area (Å²) in [4.78, 5) is 34.4. The van der Waals surface area contributed by atoms with Crippen molar-refractivity contribution in [3.63, 3.8) is 0 Å². The largest absolute Gasteiger partial charge is 0.367 e. The molecule has 0 spiro atoms. The van der Waals surface area contributed by atoms with Crippen LogP contribution in [0.1, 0.15) is 16.1 Å². The molecule has 0 bridgehead atoms. The molecule has 0 radical (unpaired) electrons. The Morgan fingerprint density at radius 1 is 1.21 bits per heavy atom. The predicted octanol–water partition coefficient (Wildman–Crippen LogP) is 2.23. The van der Waals surface area contributed by atoms with Crippen molar-refractivity contribution in [2.75, 3.05) is 12.0 Å². The molecule has 0 saturated heterocycles. The molecule has 2 aromatic carbocycles. The second kappa shape index (κ2) is 6.81. The molecular formula is C20H19N5O2S. The maximum absolute atomic E-state index is 13.0. The minimum absolute atomic E-state index is 0.0269. The first kappa shape index (κ1) is 18.3. The van der Waals surface area contributed by atoms with Crippen molar-refractivity contribution in [2.24, 2.45) is 10.7 Å². The van der Waals surface area contributed by atoms with Gasteiger partial charge < -0.3 is 11.1 Å². The van der Waals surface area contributed by atoms with Crippen LogP contribution in [-0.4, -0.2) is 29.2 Å². The van der Waals surface area contributed by atoms with Gasteiger partial charge in [-0.1, -0.05) is 29.8 Å². The van der Waals surface area contributed by atoms with E-state index in [1.54, 1.807) is 0 Å². The number of primary amides is 1. The number of carbonyl (C=O) groups is 2. The summed E-state index contributed by atoms with van der Waals surface area (Å²) >= 11 is 1.32. The minimum Gasteiger partial charge on any atom is -0.367 e. The van der Waals surface area contributed by atoms with E-state index in [1.807, 2.05) is 56.3 Å². The smallest absolute Gasteiger partial charge is 0.272 e. The van der Waals surface area contributed by atoms with Crippen LogP contribution >= 0.6 is 11.3 Å². The van der Waals surface area contributed by atoms with Crippen LogP contribution in [0.25, 0.3) is 10.2 Å². The predicted molar refractivity (Wildman–Crippen MR) is 110 cm³/mol. The Hall–Kier alpha value is -3.10. The number of amides is 2. The van der Waals surface area contributed by atoms with Crippen LogP contribution in [0, 0.1) is 13.8 Å². The molecule has 4 N–H and O–H groups in total. The first-order chi connectivity index (χ1) is 13.4. The summed E-state index contributed by atoms with van der Waals surface area (Å²) in [6, 6.07) is 13.2. The average Bonchev–Trinajstić information content (AvgIpc) is 3.28.